The molecule has 5 atom stereocenters. The number of likely N-dealkylation sites (tertiary alicyclic amines) is 1. The molecule has 1 aliphatic carbocycles. The van der Waals surface area contributed by atoms with Gasteiger partial charge in [-0.25, -0.2) is 22.9 Å². The number of fused-ring (bicyclic) bond motifs is 2. The van der Waals surface area contributed by atoms with E-state index in [9.17, 15) is 27.6 Å². The van der Waals surface area contributed by atoms with Gasteiger partial charge in [0.05, 0.1) is 29.8 Å². The van der Waals surface area contributed by atoms with Crippen LogP contribution in [0.25, 0.3) is 32.9 Å². The molecule has 330 valence electrons. The number of nitrogens with zero attached hydrogens (tertiary/aromatic N) is 2. The molecule has 4 aromatic carbocycles. The molecule has 0 spiro atoms. The van der Waals surface area contributed by atoms with Crippen LogP contribution in [-0.2, 0) is 29.1 Å². The topological polar surface area (TPSA) is 182 Å². The first kappa shape index (κ1) is 44.6. The smallest absolute Gasteiger partial charge is 0.408 e. The number of carbonyl (C=O) groups is 4. The Balaban J connectivity index is 1.22. The zero-order valence-corrected chi connectivity index (χ0v) is 37.2. The third-order valence-corrected chi connectivity index (χ3v) is 12.7. The van der Waals surface area contributed by atoms with Gasteiger partial charge in [0, 0.05) is 40.8 Å². The highest BCUT2D eigenvalue weighted by Gasteiger charge is 2.61. The fourth-order valence-electron chi connectivity index (χ4n) is 7.99. The number of ether oxygens (including phenoxy) is 3. The minimum absolute atomic E-state index is 0.0216. The molecule has 14 nitrogen and oxygen atoms in total. The van der Waals surface area contributed by atoms with E-state index >= 15 is 0 Å². The largest absolute Gasteiger partial charge is 0.497 e. The Morgan fingerprint density at radius 1 is 0.905 bits per heavy atom. The summed E-state index contributed by atoms with van der Waals surface area (Å²) in [5, 5.41) is 7.33. The van der Waals surface area contributed by atoms with Crippen molar-refractivity contribution in [2.75, 3.05) is 13.7 Å². The van der Waals surface area contributed by atoms with Crippen molar-refractivity contribution in [2.45, 2.75) is 88.6 Å². The average Bonchev–Trinajstić information content (AvgIpc) is 3.79. The molecular formula is C48H53N5O9S. The van der Waals surface area contributed by atoms with E-state index in [1.165, 1.54) is 17.0 Å². The second kappa shape index (κ2) is 17.0. The van der Waals surface area contributed by atoms with E-state index in [2.05, 4.69) is 21.9 Å². The molecule has 2 aliphatic rings. The van der Waals surface area contributed by atoms with Crippen LogP contribution in [0.4, 0.5) is 4.79 Å². The van der Waals surface area contributed by atoms with E-state index in [1.807, 2.05) is 36.4 Å². The number of pyridine rings is 1. The van der Waals surface area contributed by atoms with Crippen molar-refractivity contribution < 1.29 is 41.8 Å². The Morgan fingerprint density at radius 3 is 2.27 bits per heavy atom. The van der Waals surface area contributed by atoms with Crippen molar-refractivity contribution in [1.82, 2.24) is 25.2 Å². The van der Waals surface area contributed by atoms with Crippen LogP contribution in [0.15, 0.2) is 115 Å². The van der Waals surface area contributed by atoms with E-state index in [0.717, 1.165) is 5.56 Å². The fourth-order valence-corrected chi connectivity index (χ4v) is 9.26. The Hall–Kier alpha value is -6.48. The molecule has 0 radical (unpaired) electrons. The fraction of sp³-hybridized carbons (Fsp3) is 0.354. The van der Waals surface area contributed by atoms with Crippen LogP contribution < -0.4 is 24.8 Å². The summed E-state index contributed by atoms with van der Waals surface area (Å²) in [6.07, 6.45) is -0.0481. The third kappa shape index (κ3) is 9.48. The number of amides is 4. The number of rotatable bonds is 12. The Morgan fingerprint density at radius 2 is 1.60 bits per heavy atom. The van der Waals surface area contributed by atoms with Crippen LogP contribution in [0.3, 0.4) is 0 Å². The Labute approximate surface area is 367 Å². The van der Waals surface area contributed by atoms with E-state index < -0.39 is 74.5 Å². The number of nitrogens with one attached hydrogen (secondary N) is 3. The van der Waals surface area contributed by atoms with Gasteiger partial charge in [-0.1, -0.05) is 93.6 Å². The van der Waals surface area contributed by atoms with Crippen molar-refractivity contribution in [3.63, 3.8) is 0 Å². The second-order valence-electron chi connectivity index (χ2n) is 18.1. The number of methoxy groups -OCH3 is 1. The highest BCUT2D eigenvalue weighted by molar-refractivity contribution is 7.90. The number of alkyl carbamates (subject to hydrolysis) is 1. The summed E-state index contributed by atoms with van der Waals surface area (Å²) in [6.45, 7) is 14.2. The van der Waals surface area contributed by atoms with E-state index in [1.54, 1.807) is 103 Å². The summed E-state index contributed by atoms with van der Waals surface area (Å²) in [4.78, 5) is 63.0. The molecular weight excluding hydrogens is 823 g/mol. The van der Waals surface area contributed by atoms with Crippen LogP contribution in [0.5, 0.6) is 11.5 Å². The average molecular weight is 876 g/mol. The third-order valence-electron chi connectivity index (χ3n) is 11.3. The van der Waals surface area contributed by atoms with Gasteiger partial charge in [-0.15, -0.1) is 6.58 Å². The molecule has 2 heterocycles. The number of hydrogen-bond acceptors (Lipinski definition) is 10. The van der Waals surface area contributed by atoms with Crippen LogP contribution in [0, 0.1) is 11.3 Å². The monoisotopic (exact) mass is 875 g/mol. The standard InChI is InChI=1S/C48H53N5O9S/c1-9-31-27-48(31,44(56)52-63(58,59)40-21-15-19-29-16-13-14-20-34(29)40)51-42(54)38-25-33(28-53(38)43(55)41(46(2,3)4)50-45(57)62-47(5,6)7)61-39-26-36(30-17-11-10-12-18-30)49-37-24-32(60-8)22-23-35(37)39/h9-24,26,31,33,38,41H,1,25,27-28H2,2-8H3,(H,50,57)(H,51,54)(H,52,56)/t31?,33-,38+,41-,48-/m1/s1. The van der Waals surface area contributed by atoms with Gasteiger partial charge in [-0.2, -0.15) is 0 Å². The molecule has 4 amide bonds. The molecule has 1 saturated carbocycles. The Bertz CT molecular complexity index is 2710. The maximum absolute atomic E-state index is 14.8. The molecule has 5 aromatic rings. The molecule has 1 unspecified atom stereocenters. The minimum Gasteiger partial charge on any atom is -0.497 e. The molecule has 7 rings (SSSR count). The molecule has 15 heteroatoms. The number of carbonyl (C=O) groups excluding carboxylic acids is 4. The predicted octanol–water partition coefficient (Wildman–Crippen LogP) is 6.92. The highest BCUT2D eigenvalue weighted by atomic mass is 32.2. The first-order valence-electron chi connectivity index (χ1n) is 20.7. The van der Waals surface area contributed by atoms with Crippen molar-refractivity contribution in [2.24, 2.45) is 11.3 Å². The number of sulfonamides is 1. The lowest BCUT2D eigenvalue weighted by Gasteiger charge is -2.36. The lowest BCUT2D eigenvalue weighted by Crippen LogP contribution is -2.60. The molecule has 0 bridgehead atoms. The van der Waals surface area contributed by atoms with E-state index in [-0.39, 0.29) is 24.3 Å². The number of hydrogen-bond donors (Lipinski definition) is 3. The van der Waals surface area contributed by atoms with Crippen LogP contribution in [0.1, 0.15) is 54.4 Å². The zero-order chi connectivity index (χ0) is 45.5. The quantitative estimate of drug-likeness (QED) is 0.111. The highest BCUT2D eigenvalue weighted by Crippen LogP contribution is 2.45. The molecule has 2 fully saturated rings. The SMILES string of the molecule is C=CC1C[C@]1(NC(=O)[C@@H]1C[C@@H](Oc2cc(-c3ccccc3)nc3cc(OC)ccc23)CN1C(=O)[C@@H](NC(=O)OC(C)(C)C)C(C)(C)C)C(=O)NS(=O)(=O)c1cccc2ccccc12. The summed E-state index contributed by atoms with van der Waals surface area (Å²) in [5.74, 6) is -1.81. The van der Waals surface area contributed by atoms with Crippen LogP contribution in [0.2, 0.25) is 0 Å². The van der Waals surface area contributed by atoms with Gasteiger partial charge in [-0.3, -0.25) is 14.4 Å². The van der Waals surface area contributed by atoms with Gasteiger partial charge in [0.1, 0.15) is 40.8 Å². The lowest BCUT2D eigenvalue weighted by molar-refractivity contribution is -0.143. The van der Waals surface area contributed by atoms with Gasteiger partial charge in [0.2, 0.25) is 11.8 Å². The normalized spacial score (nSPS) is 20.4. The van der Waals surface area contributed by atoms with Crippen molar-refractivity contribution in [3.8, 4) is 22.8 Å². The summed E-state index contributed by atoms with van der Waals surface area (Å²) >= 11 is 0. The van der Waals surface area contributed by atoms with E-state index in [0.29, 0.717) is 38.9 Å². The summed E-state index contributed by atoms with van der Waals surface area (Å²) in [7, 11) is -2.85. The molecule has 63 heavy (non-hydrogen) atoms. The van der Waals surface area contributed by atoms with Crippen molar-refractivity contribution in [1.29, 1.82) is 0 Å². The van der Waals surface area contributed by atoms with Crippen molar-refractivity contribution >= 4 is 55.5 Å². The molecule has 1 aromatic heterocycles. The second-order valence-corrected chi connectivity index (χ2v) is 19.8. The first-order chi connectivity index (χ1) is 29.7. The summed E-state index contributed by atoms with van der Waals surface area (Å²) < 4.78 is 47.6. The maximum Gasteiger partial charge on any atom is 0.408 e. The van der Waals surface area contributed by atoms with Gasteiger partial charge in [-0.05, 0) is 56.2 Å². The molecule has 1 aliphatic heterocycles. The van der Waals surface area contributed by atoms with Gasteiger partial charge in [0.25, 0.3) is 15.9 Å². The summed E-state index contributed by atoms with van der Waals surface area (Å²) in [5.41, 5.74) is -1.36. The lowest BCUT2D eigenvalue weighted by atomic mass is 9.85. The van der Waals surface area contributed by atoms with Crippen LogP contribution in [-0.4, -0.2) is 85.1 Å². The number of benzene rings is 4. The van der Waals surface area contributed by atoms with E-state index in [4.69, 9.17) is 19.2 Å². The maximum atomic E-state index is 14.8. The molecule has 1 saturated heterocycles. The number of aromatic nitrogens is 1. The summed E-state index contributed by atoms with van der Waals surface area (Å²) in [6, 6.07) is 26.0. The Kier molecular flexibility index (Phi) is 12.0. The minimum atomic E-state index is -4.42. The predicted molar refractivity (Wildman–Crippen MR) is 239 cm³/mol. The van der Waals surface area contributed by atoms with Gasteiger partial charge in [0.15, 0.2) is 0 Å². The van der Waals surface area contributed by atoms with Crippen molar-refractivity contribution in [3.05, 3.63) is 110 Å². The van der Waals surface area contributed by atoms with Gasteiger partial charge < -0.3 is 29.7 Å². The van der Waals surface area contributed by atoms with Crippen LogP contribution >= 0.6 is 0 Å². The molecule has 3 N–H and O–H groups in total. The van der Waals surface area contributed by atoms with Gasteiger partial charge >= 0.3 is 6.09 Å². The first-order valence-corrected chi connectivity index (χ1v) is 22.2. The zero-order valence-electron chi connectivity index (χ0n) is 36.4.